The first-order chi connectivity index (χ1) is 12.7. The second-order valence-electron chi connectivity index (χ2n) is 6.53. The van der Waals surface area contributed by atoms with Crippen LogP contribution in [0.4, 0.5) is 8.78 Å². The van der Waals surface area contributed by atoms with Crippen LogP contribution in [0.1, 0.15) is 18.5 Å². The van der Waals surface area contributed by atoms with E-state index in [0.29, 0.717) is 24.7 Å². The molecule has 2 aromatic rings. The lowest BCUT2D eigenvalue weighted by atomic mass is 10.1. The number of pyridine rings is 1. The van der Waals surface area contributed by atoms with Crippen LogP contribution < -0.4 is 10.3 Å². The predicted molar refractivity (Wildman–Crippen MR) is 95.2 cm³/mol. The molecule has 0 radical (unpaired) electrons. The van der Waals surface area contributed by atoms with E-state index in [1.54, 1.807) is 20.0 Å². The molecule has 1 aliphatic heterocycles. The van der Waals surface area contributed by atoms with Gasteiger partial charge in [-0.15, -0.1) is 0 Å². The highest BCUT2D eigenvalue weighted by molar-refractivity contribution is 7.89. The fraction of sp³-hybridized carbons (Fsp3) is 0.389. The van der Waals surface area contributed by atoms with E-state index >= 15 is 0 Å². The van der Waals surface area contributed by atoms with Gasteiger partial charge in [0.1, 0.15) is 11.9 Å². The van der Waals surface area contributed by atoms with E-state index < -0.39 is 21.7 Å². The summed E-state index contributed by atoms with van der Waals surface area (Å²) in [6.07, 6.45) is 0.627. The number of sulfonamides is 1. The van der Waals surface area contributed by atoms with Gasteiger partial charge in [-0.3, -0.25) is 4.79 Å². The minimum atomic E-state index is -3.90. The molecule has 1 fully saturated rings. The van der Waals surface area contributed by atoms with Gasteiger partial charge in [-0.05, 0) is 44.0 Å². The molecule has 0 spiro atoms. The molecule has 3 rings (SSSR count). The number of hydrogen-bond acceptors (Lipinski definition) is 4. The van der Waals surface area contributed by atoms with E-state index in [1.807, 2.05) is 0 Å². The lowest BCUT2D eigenvalue weighted by Crippen LogP contribution is -2.41. The Labute approximate surface area is 156 Å². The van der Waals surface area contributed by atoms with E-state index in [4.69, 9.17) is 4.74 Å². The summed E-state index contributed by atoms with van der Waals surface area (Å²) < 4.78 is 60.2. The maximum Gasteiger partial charge on any atom is 0.254 e. The van der Waals surface area contributed by atoms with Gasteiger partial charge < -0.3 is 9.30 Å². The van der Waals surface area contributed by atoms with Crippen molar-refractivity contribution >= 4 is 10.0 Å². The molecule has 0 atom stereocenters. The van der Waals surface area contributed by atoms with Crippen molar-refractivity contribution < 1.29 is 21.9 Å². The van der Waals surface area contributed by atoms with E-state index in [1.165, 1.54) is 14.9 Å². The molecular formula is C18H20F2N2O4S. The molecule has 0 aliphatic carbocycles. The van der Waals surface area contributed by atoms with Gasteiger partial charge in [0.25, 0.3) is 5.56 Å². The Morgan fingerprint density at radius 2 is 1.74 bits per heavy atom. The Hall–Kier alpha value is -2.26. The van der Waals surface area contributed by atoms with E-state index in [0.717, 1.165) is 17.8 Å². The lowest BCUT2D eigenvalue weighted by molar-refractivity contribution is 0.134. The van der Waals surface area contributed by atoms with Crippen molar-refractivity contribution in [3.05, 3.63) is 58.0 Å². The first-order valence-electron chi connectivity index (χ1n) is 8.48. The van der Waals surface area contributed by atoms with Crippen LogP contribution in [-0.2, 0) is 17.1 Å². The van der Waals surface area contributed by atoms with Crippen molar-refractivity contribution in [1.82, 2.24) is 8.87 Å². The summed E-state index contributed by atoms with van der Waals surface area (Å²) in [5.74, 6) is -1.84. The molecule has 9 heteroatoms. The summed E-state index contributed by atoms with van der Waals surface area (Å²) in [5, 5.41) is 0. The number of nitrogens with zero attached hydrogens (tertiary/aromatic N) is 2. The third-order valence-corrected chi connectivity index (χ3v) is 6.60. The highest BCUT2D eigenvalue weighted by atomic mass is 32.2. The molecular weight excluding hydrogens is 378 g/mol. The topological polar surface area (TPSA) is 68.6 Å². The molecule has 146 valence electrons. The molecule has 6 nitrogen and oxygen atoms in total. The second kappa shape index (κ2) is 7.40. The molecule has 0 N–H and O–H groups in total. The fourth-order valence-corrected chi connectivity index (χ4v) is 4.46. The Kier molecular flexibility index (Phi) is 5.34. The predicted octanol–water partition coefficient (Wildman–Crippen LogP) is 2.20. The van der Waals surface area contributed by atoms with Crippen molar-refractivity contribution in [2.45, 2.75) is 30.8 Å². The molecule has 27 heavy (non-hydrogen) atoms. The average Bonchev–Trinajstić information content (AvgIpc) is 2.62. The molecule has 0 unspecified atom stereocenters. The fourth-order valence-electron chi connectivity index (χ4n) is 2.97. The first kappa shape index (κ1) is 19.5. The maximum absolute atomic E-state index is 13.4. The monoisotopic (exact) mass is 398 g/mol. The van der Waals surface area contributed by atoms with Gasteiger partial charge in [0.05, 0.1) is 4.90 Å². The van der Waals surface area contributed by atoms with Crippen molar-refractivity contribution in [2.24, 2.45) is 7.05 Å². The van der Waals surface area contributed by atoms with Crippen LogP contribution in [0.25, 0.3) is 0 Å². The second-order valence-corrected chi connectivity index (χ2v) is 8.46. The van der Waals surface area contributed by atoms with Crippen LogP contribution in [0.3, 0.4) is 0 Å². The highest BCUT2D eigenvalue weighted by Crippen LogP contribution is 2.24. The Morgan fingerprint density at radius 3 is 2.33 bits per heavy atom. The summed E-state index contributed by atoms with van der Waals surface area (Å²) >= 11 is 0. The Bertz CT molecular complexity index is 1010. The van der Waals surface area contributed by atoms with Crippen molar-refractivity contribution in [1.29, 1.82) is 0 Å². The van der Waals surface area contributed by atoms with Crippen LogP contribution in [0.15, 0.2) is 40.0 Å². The number of aryl methyl sites for hydroxylation is 1. The molecule has 2 heterocycles. The van der Waals surface area contributed by atoms with Gasteiger partial charge in [-0.2, -0.15) is 4.31 Å². The average molecular weight is 398 g/mol. The van der Waals surface area contributed by atoms with Crippen LogP contribution in [0.2, 0.25) is 0 Å². The van der Waals surface area contributed by atoms with Crippen molar-refractivity contribution in [2.75, 3.05) is 13.1 Å². The van der Waals surface area contributed by atoms with Gasteiger partial charge >= 0.3 is 0 Å². The van der Waals surface area contributed by atoms with Gasteiger partial charge in [0.15, 0.2) is 11.6 Å². The van der Waals surface area contributed by atoms with Crippen molar-refractivity contribution in [3.63, 3.8) is 0 Å². The third-order valence-electron chi connectivity index (χ3n) is 4.71. The largest absolute Gasteiger partial charge is 0.490 e. The number of ether oxygens (including phenoxy) is 1. The normalized spacial score (nSPS) is 16.4. The molecule has 1 aromatic heterocycles. The van der Waals surface area contributed by atoms with Gasteiger partial charge in [0, 0.05) is 31.9 Å². The summed E-state index contributed by atoms with van der Waals surface area (Å²) in [4.78, 5) is 11.6. The van der Waals surface area contributed by atoms with E-state index in [2.05, 4.69) is 0 Å². The Balaban J connectivity index is 1.68. The van der Waals surface area contributed by atoms with Crippen LogP contribution in [0.5, 0.6) is 5.75 Å². The first-order valence-corrected chi connectivity index (χ1v) is 9.92. The Morgan fingerprint density at radius 1 is 1.07 bits per heavy atom. The maximum atomic E-state index is 13.4. The molecule has 0 amide bonds. The summed E-state index contributed by atoms with van der Waals surface area (Å²) in [6, 6.07) is 5.70. The van der Waals surface area contributed by atoms with Crippen LogP contribution in [-0.4, -0.2) is 36.5 Å². The number of aromatic nitrogens is 1. The van der Waals surface area contributed by atoms with Crippen molar-refractivity contribution in [3.8, 4) is 5.75 Å². The summed E-state index contributed by atoms with van der Waals surface area (Å²) in [6.45, 7) is 2.18. The SMILES string of the molecule is Cc1cc(OC2CCN(S(=O)(=O)c3ccc(F)c(F)c3)CC2)cc(=O)n1C. The van der Waals surface area contributed by atoms with E-state index in [9.17, 15) is 22.0 Å². The zero-order valence-electron chi connectivity index (χ0n) is 15.0. The lowest BCUT2D eigenvalue weighted by Gasteiger charge is -2.31. The zero-order valence-corrected chi connectivity index (χ0v) is 15.8. The zero-order chi connectivity index (χ0) is 19.8. The molecule has 1 saturated heterocycles. The minimum absolute atomic E-state index is 0.177. The highest BCUT2D eigenvalue weighted by Gasteiger charge is 2.30. The number of benzene rings is 1. The molecule has 0 saturated carbocycles. The number of hydrogen-bond donors (Lipinski definition) is 0. The molecule has 0 bridgehead atoms. The summed E-state index contributed by atoms with van der Waals surface area (Å²) in [7, 11) is -2.23. The van der Waals surface area contributed by atoms with E-state index in [-0.39, 0.29) is 29.6 Å². The third kappa shape index (κ3) is 4.03. The number of rotatable bonds is 4. The smallest absolute Gasteiger partial charge is 0.254 e. The van der Waals surface area contributed by atoms with Gasteiger partial charge in [-0.25, -0.2) is 17.2 Å². The number of halogens is 2. The van der Waals surface area contributed by atoms with Crippen LogP contribution >= 0.6 is 0 Å². The minimum Gasteiger partial charge on any atom is -0.490 e. The quantitative estimate of drug-likeness (QED) is 0.792. The van der Waals surface area contributed by atoms with Gasteiger partial charge in [-0.1, -0.05) is 0 Å². The molecule has 1 aliphatic rings. The summed E-state index contributed by atoms with van der Waals surface area (Å²) in [5.41, 5.74) is 0.583. The number of piperidine rings is 1. The molecule has 1 aromatic carbocycles. The van der Waals surface area contributed by atoms with Crippen LogP contribution in [0, 0.1) is 18.6 Å². The standard InChI is InChI=1S/C18H20F2N2O4S/c1-12-9-14(10-18(23)21(12)2)26-13-5-7-22(8-6-13)27(24,25)15-3-4-16(19)17(20)11-15/h3-4,9-11,13H,5-8H2,1-2H3. The van der Waals surface area contributed by atoms with Gasteiger partial charge in [0.2, 0.25) is 10.0 Å².